The SMILES string of the molecule is Cc1nc(/C=C/C(=O)NCC(C(C)C)C(C)C)cs1. The van der Waals surface area contributed by atoms with Gasteiger partial charge >= 0.3 is 0 Å². The van der Waals surface area contributed by atoms with Crippen LogP contribution < -0.4 is 5.32 Å². The van der Waals surface area contributed by atoms with Crippen LogP contribution in [0.3, 0.4) is 0 Å². The van der Waals surface area contributed by atoms with Gasteiger partial charge in [-0.15, -0.1) is 11.3 Å². The van der Waals surface area contributed by atoms with Gasteiger partial charge in [-0.1, -0.05) is 27.7 Å². The monoisotopic (exact) mass is 280 g/mol. The van der Waals surface area contributed by atoms with Crippen LogP contribution in [0, 0.1) is 24.7 Å². The van der Waals surface area contributed by atoms with E-state index in [1.807, 2.05) is 12.3 Å². The van der Waals surface area contributed by atoms with Gasteiger partial charge in [0, 0.05) is 18.0 Å². The molecule has 19 heavy (non-hydrogen) atoms. The van der Waals surface area contributed by atoms with E-state index in [0.717, 1.165) is 17.2 Å². The summed E-state index contributed by atoms with van der Waals surface area (Å²) in [5.74, 6) is 1.62. The molecule has 1 aromatic rings. The van der Waals surface area contributed by atoms with Gasteiger partial charge in [0.05, 0.1) is 10.7 Å². The van der Waals surface area contributed by atoms with Gasteiger partial charge in [-0.05, 0) is 30.8 Å². The molecule has 0 spiro atoms. The quantitative estimate of drug-likeness (QED) is 0.810. The summed E-state index contributed by atoms with van der Waals surface area (Å²) in [6.45, 7) is 11.5. The van der Waals surface area contributed by atoms with Crippen molar-refractivity contribution in [1.82, 2.24) is 10.3 Å². The Hall–Kier alpha value is -1.16. The van der Waals surface area contributed by atoms with Crippen LogP contribution in [-0.2, 0) is 4.79 Å². The maximum Gasteiger partial charge on any atom is 0.244 e. The summed E-state index contributed by atoms with van der Waals surface area (Å²) in [5.41, 5.74) is 0.849. The summed E-state index contributed by atoms with van der Waals surface area (Å²) < 4.78 is 0. The number of nitrogens with one attached hydrogen (secondary N) is 1. The molecule has 4 heteroatoms. The number of carbonyl (C=O) groups excluding carboxylic acids is 1. The standard InChI is InChI=1S/C15H24N2OS/c1-10(2)14(11(3)4)8-16-15(18)7-6-13-9-19-12(5)17-13/h6-7,9-11,14H,8H2,1-5H3,(H,16,18)/b7-6+. The average molecular weight is 280 g/mol. The Bertz CT molecular complexity index is 427. The lowest BCUT2D eigenvalue weighted by Gasteiger charge is -2.24. The van der Waals surface area contributed by atoms with Crippen molar-refractivity contribution in [3.05, 3.63) is 22.2 Å². The van der Waals surface area contributed by atoms with Crippen LogP contribution in [0.4, 0.5) is 0 Å². The maximum absolute atomic E-state index is 11.8. The second-order valence-corrected chi connectivity index (χ2v) is 6.58. The molecule has 0 aliphatic carbocycles. The molecule has 0 atom stereocenters. The molecule has 0 saturated heterocycles. The number of rotatable bonds is 6. The number of hydrogen-bond donors (Lipinski definition) is 1. The summed E-state index contributed by atoms with van der Waals surface area (Å²) in [5, 5.41) is 5.93. The summed E-state index contributed by atoms with van der Waals surface area (Å²) in [7, 11) is 0. The first kappa shape index (κ1) is 15.9. The molecule has 0 saturated carbocycles. The van der Waals surface area contributed by atoms with Crippen molar-refractivity contribution in [2.24, 2.45) is 17.8 Å². The largest absolute Gasteiger partial charge is 0.352 e. The predicted molar refractivity (Wildman–Crippen MR) is 82.1 cm³/mol. The van der Waals surface area contributed by atoms with Gasteiger partial charge in [-0.25, -0.2) is 4.98 Å². The van der Waals surface area contributed by atoms with E-state index in [1.165, 1.54) is 0 Å². The molecule has 3 nitrogen and oxygen atoms in total. The highest BCUT2D eigenvalue weighted by Gasteiger charge is 2.17. The van der Waals surface area contributed by atoms with Crippen LogP contribution in [0.15, 0.2) is 11.5 Å². The van der Waals surface area contributed by atoms with Crippen molar-refractivity contribution in [3.63, 3.8) is 0 Å². The van der Waals surface area contributed by atoms with Crippen LogP contribution in [0.1, 0.15) is 38.4 Å². The highest BCUT2D eigenvalue weighted by molar-refractivity contribution is 7.09. The van der Waals surface area contributed by atoms with Gasteiger partial charge < -0.3 is 5.32 Å². The van der Waals surface area contributed by atoms with Crippen molar-refractivity contribution in [2.75, 3.05) is 6.54 Å². The van der Waals surface area contributed by atoms with Gasteiger partial charge in [0.15, 0.2) is 0 Å². The highest BCUT2D eigenvalue weighted by Crippen LogP contribution is 2.19. The number of thiazole rings is 1. The van der Waals surface area contributed by atoms with Gasteiger partial charge in [-0.3, -0.25) is 4.79 Å². The fraction of sp³-hybridized carbons (Fsp3) is 0.600. The van der Waals surface area contributed by atoms with Crippen LogP contribution in [0.2, 0.25) is 0 Å². The fourth-order valence-electron chi connectivity index (χ4n) is 2.14. The molecule has 1 heterocycles. The number of amides is 1. The van der Waals surface area contributed by atoms with Crippen LogP contribution >= 0.6 is 11.3 Å². The molecule has 0 radical (unpaired) electrons. The Morgan fingerprint density at radius 1 is 1.37 bits per heavy atom. The third-order valence-electron chi connectivity index (χ3n) is 3.27. The molecule has 1 rings (SSSR count). The van der Waals surface area contributed by atoms with Crippen molar-refractivity contribution in [2.45, 2.75) is 34.6 Å². The number of aromatic nitrogens is 1. The molecule has 1 aromatic heterocycles. The Kier molecular flexibility index (Phi) is 6.22. The van der Waals surface area contributed by atoms with Gasteiger partial charge in [0.2, 0.25) is 5.91 Å². The average Bonchev–Trinajstić information content (AvgIpc) is 2.71. The Morgan fingerprint density at radius 2 is 2.00 bits per heavy atom. The lowest BCUT2D eigenvalue weighted by molar-refractivity contribution is -0.116. The lowest BCUT2D eigenvalue weighted by atomic mass is 9.85. The normalized spacial score (nSPS) is 12.0. The van der Waals surface area contributed by atoms with Crippen LogP contribution in [0.5, 0.6) is 0 Å². The second kappa shape index (κ2) is 7.43. The minimum atomic E-state index is -0.0445. The number of aryl methyl sites for hydroxylation is 1. The first-order valence-corrected chi connectivity index (χ1v) is 7.66. The van der Waals surface area contributed by atoms with Crippen LogP contribution in [0.25, 0.3) is 6.08 Å². The summed E-state index contributed by atoms with van der Waals surface area (Å²) in [6, 6.07) is 0. The summed E-state index contributed by atoms with van der Waals surface area (Å²) >= 11 is 1.59. The predicted octanol–water partition coefficient (Wildman–Crippen LogP) is 3.51. The first-order chi connectivity index (χ1) is 8.90. The highest BCUT2D eigenvalue weighted by atomic mass is 32.1. The van der Waals surface area contributed by atoms with Crippen molar-refractivity contribution in [3.8, 4) is 0 Å². The van der Waals surface area contributed by atoms with E-state index in [2.05, 4.69) is 38.0 Å². The van der Waals surface area contributed by atoms with E-state index >= 15 is 0 Å². The Labute approximate surface area is 120 Å². The topological polar surface area (TPSA) is 42.0 Å². The van der Waals surface area contributed by atoms with Crippen molar-refractivity contribution >= 4 is 23.3 Å². The molecule has 0 bridgehead atoms. The lowest BCUT2D eigenvalue weighted by Crippen LogP contribution is -2.32. The number of carbonyl (C=O) groups is 1. The third kappa shape index (κ3) is 5.55. The molecule has 0 aromatic carbocycles. The molecule has 0 aliphatic heterocycles. The number of nitrogens with zero attached hydrogens (tertiary/aromatic N) is 1. The zero-order chi connectivity index (χ0) is 14.4. The van der Waals surface area contributed by atoms with E-state index in [9.17, 15) is 4.79 Å². The summed E-state index contributed by atoms with van der Waals surface area (Å²) in [6.07, 6.45) is 3.32. The van der Waals surface area contributed by atoms with E-state index < -0.39 is 0 Å². The molecule has 1 N–H and O–H groups in total. The number of hydrogen-bond acceptors (Lipinski definition) is 3. The molecule has 0 aliphatic rings. The minimum absolute atomic E-state index is 0.0445. The molecule has 1 amide bonds. The maximum atomic E-state index is 11.8. The van der Waals surface area contributed by atoms with Gasteiger partial charge in [0.25, 0.3) is 0 Å². The van der Waals surface area contributed by atoms with E-state index in [4.69, 9.17) is 0 Å². The van der Waals surface area contributed by atoms with Gasteiger partial charge in [0.1, 0.15) is 0 Å². The Morgan fingerprint density at radius 3 is 2.47 bits per heavy atom. The van der Waals surface area contributed by atoms with Crippen molar-refractivity contribution in [1.29, 1.82) is 0 Å². The smallest absolute Gasteiger partial charge is 0.244 e. The van der Waals surface area contributed by atoms with E-state index in [-0.39, 0.29) is 5.91 Å². The first-order valence-electron chi connectivity index (χ1n) is 6.78. The molecule has 0 fully saturated rings. The minimum Gasteiger partial charge on any atom is -0.352 e. The van der Waals surface area contributed by atoms with E-state index in [1.54, 1.807) is 23.5 Å². The third-order valence-corrected chi connectivity index (χ3v) is 4.06. The molecule has 0 unspecified atom stereocenters. The van der Waals surface area contributed by atoms with Gasteiger partial charge in [-0.2, -0.15) is 0 Å². The molecule has 106 valence electrons. The van der Waals surface area contributed by atoms with Crippen molar-refractivity contribution < 1.29 is 4.79 Å². The van der Waals surface area contributed by atoms with Crippen LogP contribution in [-0.4, -0.2) is 17.4 Å². The van der Waals surface area contributed by atoms with E-state index in [0.29, 0.717) is 17.8 Å². The molecular formula is C15H24N2OS. The summed E-state index contributed by atoms with van der Waals surface area (Å²) in [4.78, 5) is 16.0. The zero-order valence-corrected chi connectivity index (χ0v) is 13.3. The zero-order valence-electron chi connectivity index (χ0n) is 12.4. The Balaban J connectivity index is 2.45. The fourth-order valence-corrected chi connectivity index (χ4v) is 2.72. The molecular weight excluding hydrogens is 256 g/mol. The second-order valence-electron chi connectivity index (χ2n) is 5.52.